The van der Waals surface area contributed by atoms with Crippen molar-refractivity contribution in [3.63, 3.8) is 0 Å². The first-order valence-corrected chi connectivity index (χ1v) is 12.1. The molecule has 0 radical (unpaired) electrons. The summed E-state index contributed by atoms with van der Waals surface area (Å²) in [6, 6.07) is 11.4. The first-order valence-electron chi connectivity index (χ1n) is 11.1. The van der Waals surface area contributed by atoms with Crippen LogP contribution in [0, 0.1) is 0 Å². The van der Waals surface area contributed by atoms with Gasteiger partial charge in [0.15, 0.2) is 22.6 Å². The van der Waals surface area contributed by atoms with Crippen LogP contribution in [0.4, 0.5) is 5.69 Å². The number of carbonyl (C=O) groups excluding carboxylic acids is 1. The molecule has 1 N–H and O–H groups in total. The highest BCUT2D eigenvalue weighted by atomic mass is 32.2. The molecule has 1 amide bonds. The van der Waals surface area contributed by atoms with Gasteiger partial charge in [-0.2, -0.15) is 0 Å². The summed E-state index contributed by atoms with van der Waals surface area (Å²) in [5, 5.41) is 20.9. The Balaban J connectivity index is 1.26. The zero-order chi connectivity index (χ0) is 22.6. The van der Waals surface area contributed by atoms with Crippen molar-refractivity contribution in [2.75, 3.05) is 11.1 Å². The van der Waals surface area contributed by atoms with Crippen molar-refractivity contribution in [2.24, 2.45) is 0 Å². The molecule has 0 aliphatic carbocycles. The third-order valence-electron chi connectivity index (χ3n) is 5.62. The summed E-state index contributed by atoms with van der Waals surface area (Å²) in [5.41, 5.74) is 1.69. The van der Waals surface area contributed by atoms with E-state index in [-0.39, 0.29) is 11.7 Å². The van der Waals surface area contributed by atoms with Gasteiger partial charge in [-0.05, 0) is 44.0 Å². The third-order valence-corrected chi connectivity index (χ3v) is 6.59. The van der Waals surface area contributed by atoms with Crippen LogP contribution in [0.5, 0.6) is 0 Å². The van der Waals surface area contributed by atoms with Crippen molar-refractivity contribution in [2.45, 2.75) is 50.9 Å². The Morgan fingerprint density at radius 2 is 2.00 bits per heavy atom. The number of thioether (sulfide) groups is 1. The van der Waals surface area contributed by atoms with Gasteiger partial charge in [0, 0.05) is 30.8 Å². The summed E-state index contributed by atoms with van der Waals surface area (Å²) < 4.78 is 9.59. The van der Waals surface area contributed by atoms with Crippen LogP contribution in [0.25, 0.3) is 23.0 Å². The van der Waals surface area contributed by atoms with Crippen molar-refractivity contribution >= 4 is 23.4 Å². The Bertz CT molecular complexity index is 1250. The third kappa shape index (κ3) is 4.56. The highest BCUT2D eigenvalue weighted by Crippen LogP contribution is 2.26. The van der Waals surface area contributed by atoms with Crippen LogP contribution < -0.4 is 5.32 Å². The SMILES string of the molecule is CCn1c(SCC(=O)Nc2cccc(-c3nnc4n3CCCCC4)c2)nnc1-c1ccco1. The van der Waals surface area contributed by atoms with Crippen LogP contribution in [0.2, 0.25) is 0 Å². The molecular formula is C23H25N7O2S. The first kappa shape index (κ1) is 21.4. The topological polar surface area (TPSA) is 104 Å². The van der Waals surface area contributed by atoms with E-state index in [4.69, 9.17) is 4.42 Å². The summed E-state index contributed by atoms with van der Waals surface area (Å²) in [4.78, 5) is 12.7. The summed E-state index contributed by atoms with van der Waals surface area (Å²) in [6.07, 6.45) is 6.07. The Morgan fingerprint density at radius 1 is 1.09 bits per heavy atom. The molecule has 33 heavy (non-hydrogen) atoms. The molecule has 1 aliphatic heterocycles. The lowest BCUT2D eigenvalue weighted by Gasteiger charge is -2.10. The number of hydrogen-bond acceptors (Lipinski definition) is 7. The van der Waals surface area contributed by atoms with E-state index >= 15 is 0 Å². The minimum atomic E-state index is -0.109. The molecule has 0 bridgehead atoms. The average Bonchev–Trinajstić information content (AvgIpc) is 3.55. The molecule has 1 aliphatic rings. The average molecular weight is 464 g/mol. The largest absolute Gasteiger partial charge is 0.461 e. The van der Waals surface area contributed by atoms with Gasteiger partial charge in [0.25, 0.3) is 0 Å². The minimum absolute atomic E-state index is 0.109. The Morgan fingerprint density at radius 3 is 2.85 bits per heavy atom. The molecular weight excluding hydrogens is 438 g/mol. The van der Waals surface area contributed by atoms with E-state index < -0.39 is 0 Å². The van der Waals surface area contributed by atoms with E-state index in [1.165, 1.54) is 18.2 Å². The zero-order valence-corrected chi connectivity index (χ0v) is 19.2. The molecule has 4 heterocycles. The normalized spacial score (nSPS) is 13.5. The number of hydrogen-bond donors (Lipinski definition) is 1. The van der Waals surface area contributed by atoms with Crippen molar-refractivity contribution in [1.82, 2.24) is 29.5 Å². The number of furan rings is 1. The molecule has 0 saturated carbocycles. The smallest absolute Gasteiger partial charge is 0.234 e. The number of benzene rings is 1. The number of anilines is 1. The van der Waals surface area contributed by atoms with Crippen LogP contribution in [-0.4, -0.2) is 41.2 Å². The minimum Gasteiger partial charge on any atom is -0.461 e. The number of rotatable bonds is 7. The molecule has 0 atom stereocenters. The van der Waals surface area contributed by atoms with Gasteiger partial charge in [-0.3, -0.25) is 9.36 Å². The van der Waals surface area contributed by atoms with Gasteiger partial charge in [-0.25, -0.2) is 0 Å². The quantitative estimate of drug-likeness (QED) is 0.408. The number of aryl methyl sites for hydroxylation is 1. The van der Waals surface area contributed by atoms with E-state index in [1.54, 1.807) is 6.26 Å². The first-order chi connectivity index (χ1) is 16.2. The van der Waals surface area contributed by atoms with E-state index in [2.05, 4.69) is 30.3 Å². The lowest BCUT2D eigenvalue weighted by molar-refractivity contribution is -0.113. The molecule has 1 aromatic carbocycles. The van der Waals surface area contributed by atoms with E-state index in [0.29, 0.717) is 23.3 Å². The Labute approximate surface area is 195 Å². The molecule has 4 aromatic rings. The van der Waals surface area contributed by atoms with Gasteiger partial charge in [-0.1, -0.05) is 30.3 Å². The second-order valence-electron chi connectivity index (χ2n) is 7.85. The van der Waals surface area contributed by atoms with Crippen LogP contribution in [0.15, 0.2) is 52.2 Å². The number of aromatic nitrogens is 6. The predicted octanol–water partition coefficient (Wildman–Crippen LogP) is 4.27. The summed E-state index contributed by atoms with van der Waals surface area (Å²) in [7, 11) is 0. The maximum absolute atomic E-state index is 12.7. The number of amides is 1. The molecule has 0 fully saturated rings. The van der Waals surface area contributed by atoms with Crippen LogP contribution in [0.3, 0.4) is 0 Å². The van der Waals surface area contributed by atoms with E-state index in [0.717, 1.165) is 48.7 Å². The number of fused-ring (bicyclic) bond motifs is 1. The standard InChI is InChI=1S/C23H25N7O2S/c1-2-29-22(18-10-7-13-32-18)27-28-23(29)33-15-20(31)24-17-9-6-8-16(14-17)21-26-25-19-11-4-3-5-12-30(19)21/h6-10,13-14H,2-5,11-12,15H2,1H3,(H,24,31). The summed E-state index contributed by atoms with van der Waals surface area (Å²) in [6.45, 7) is 3.62. The maximum Gasteiger partial charge on any atom is 0.234 e. The van der Waals surface area contributed by atoms with Gasteiger partial charge < -0.3 is 14.3 Å². The zero-order valence-electron chi connectivity index (χ0n) is 18.4. The Hall–Kier alpha value is -3.40. The fraction of sp³-hybridized carbons (Fsp3) is 0.348. The lowest BCUT2D eigenvalue weighted by Crippen LogP contribution is -2.14. The summed E-state index contributed by atoms with van der Waals surface area (Å²) >= 11 is 1.35. The summed E-state index contributed by atoms with van der Waals surface area (Å²) in [5.74, 6) is 3.33. The van der Waals surface area contributed by atoms with Crippen LogP contribution in [-0.2, 0) is 24.3 Å². The molecule has 0 unspecified atom stereocenters. The molecule has 9 nitrogen and oxygen atoms in total. The number of nitrogens with zero attached hydrogens (tertiary/aromatic N) is 6. The molecule has 170 valence electrons. The molecule has 10 heteroatoms. The Kier molecular flexibility index (Phi) is 6.25. The van der Waals surface area contributed by atoms with Gasteiger partial charge in [0.2, 0.25) is 5.91 Å². The van der Waals surface area contributed by atoms with Crippen molar-refractivity contribution in [3.8, 4) is 23.0 Å². The van der Waals surface area contributed by atoms with Crippen LogP contribution >= 0.6 is 11.8 Å². The predicted molar refractivity (Wildman–Crippen MR) is 126 cm³/mol. The number of nitrogens with one attached hydrogen (secondary N) is 1. The second-order valence-corrected chi connectivity index (χ2v) is 8.79. The van der Waals surface area contributed by atoms with Gasteiger partial charge >= 0.3 is 0 Å². The fourth-order valence-electron chi connectivity index (χ4n) is 4.03. The van der Waals surface area contributed by atoms with Crippen molar-refractivity contribution in [3.05, 3.63) is 48.5 Å². The highest BCUT2D eigenvalue weighted by Gasteiger charge is 2.18. The van der Waals surface area contributed by atoms with E-state index in [1.807, 2.05) is 47.9 Å². The van der Waals surface area contributed by atoms with Gasteiger partial charge in [0.05, 0.1) is 12.0 Å². The molecule has 3 aromatic heterocycles. The molecule has 0 spiro atoms. The van der Waals surface area contributed by atoms with Crippen LogP contribution in [0.1, 0.15) is 32.0 Å². The lowest BCUT2D eigenvalue weighted by atomic mass is 10.2. The highest BCUT2D eigenvalue weighted by molar-refractivity contribution is 7.99. The second kappa shape index (κ2) is 9.62. The monoisotopic (exact) mass is 463 g/mol. The van der Waals surface area contributed by atoms with Crippen molar-refractivity contribution < 1.29 is 9.21 Å². The fourth-order valence-corrected chi connectivity index (χ4v) is 4.83. The van der Waals surface area contributed by atoms with E-state index in [9.17, 15) is 4.79 Å². The van der Waals surface area contributed by atoms with Gasteiger partial charge in [-0.15, -0.1) is 20.4 Å². The number of carbonyl (C=O) groups is 1. The van der Waals surface area contributed by atoms with Crippen molar-refractivity contribution in [1.29, 1.82) is 0 Å². The van der Waals surface area contributed by atoms with Gasteiger partial charge in [0.1, 0.15) is 5.82 Å². The molecule has 5 rings (SSSR count). The molecule has 0 saturated heterocycles. The maximum atomic E-state index is 12.7.